The number of carbonyl (C=O) groups excluding carboxylic acids is 1. The number of aromatic nitrogens is 1. The number of hydrazone groups is 1. The summed E-state index contributed by atoms with van der Waals surface area (Å²) in [4.78, 5) is 14.9. The molecule has 2 aromatic rings. The first-order chi connectivity index (χ1) is 9.06. The summed E-state index contributed by atoms with van der Waals surface area (Å²) in [5.41, 5.74) is 15.2. The van der Waals surface area contributed by atoms with E-state index in [4.69, 9.17) is 11.5 Å². The number of carbonyl (C=O) groups is 1. The third-order valence-corrected chi connectivity index (χ3v) is 2.96. The molecule has 0 aliphatic carbocycles. The highest BCUT2D eigenvalue weighted by molar-refractivity contribution is 7.22. The maximum Gasteiger partial charge on any atom is 0.264 e. The number of nitrogen functional groups attached to an aromatic ring is 1. The molecule has 0 unspecified atom stereocenters. The van der Waals surface area contributed by atoms with Crippen molar-refractivity contribution in [2.75, 3.05) is 11.2 Å². The molecule has 0 aliphatic heterocycles. The van der Waals surface area contributed by atoms with E-state index in [0.717, 1.165) is 15.9 Å². The summed E-state index contributed by atoms with van der Waals surface area (Å²) in [5, 5.41) is 4.37. The summed E-state index contributed by atoms with van der Waals surface area (Å²) in [6, 6.07) is 5.50. The second-order valence-corrected chi connectivity index (χ2v) is 4.47. The van der Waals surface area contributed by atoms with Crippen molar-refractivity contribution >= 4 is 44.0 Å². The topological polar surface area (TPSA) is 106 Å². The average molecular weight is 279 g/mol. The Morgan fingerprint density at radius 3 is 2.74 bits per heavy atom. The lowest BCUT2D eigenvalue weighted by Gasteiger charge is -2.00. The second-order valence-electron chi connectivity index (χ2n) is 3.41. The van der Waals surface area contributed by atoms with E-state index in [1.807, 2.05) is 26.0 Å². The predicted molar refractivity (Wildman–Crippen MR) is 81.3 cm³/mol. The van der Waals surface area contributed by atoms with Crippen LogP contribution in [-0.4, -0.2) is 16.6 Å². The van der Waals surface area contributed by atoms with Crippen molar-refractivity contribution in [3.8, 4) is 0 Å². The van der Waals surface area contributed by atoms with E-state index in [9.17, 15) is 4.79 Å². The summed E-state index contributed by atoms with van der Waals surface area (Å²) < 4.78 is 0.958. The van der Waals surface area contributed by atoms with Gasteiger partial charge in [-0.25, -0.2) is 4.98 Å². The zero-order chi connectivity index (χ0) is 14.4. The van der Waals surface area contributed by atoms with E-state index in [1.54, 1.807) is 13.0 Å². The van der Waals surface area contributed by atoms with Gasteiger partial charge in [0.1, 0.15) is 5.71 Å². The van der Waals surface area contributed by atoms with Crippen molar-refractivity contribution in [1.29, 1.82) is 0 Å². The van der Waals surface area contributed by atoms with Crippen LogP contribution in [0.3, 0.4) is 0 Å². The van der Waals surface area contributed by atoms with E-state index in [-0.39, 0.29) is 5.71 Å². The van der Waals surface area contributed by atoms with Crippen LogP contribution < -0.4 is 16.9 Å². The van der Waals surface area contributed by atoms with Crippen molar-refractivity contribution in [2.45, 2.75) is 20.8 Å². The number of nitrogens with one attached hydrogen (secondary N) is 1. The molecule has 0 saturated carbocycles. The van der Waals surface area contributed by atoms with Crippen LogP contribution in [-0.2, 0) is 4.79 Å². The van der Waals surface area contributed by atoms with Crippen LogP contribution in [0.5, 0.6) is 0 Å². The summed E-state index contributed by atoms with van der Waals surface area (Å²) in [7, 11) is 0. The fourth-order valence-corrected chi connectivity index (χ4v) is 1.99. The van der Waals surface area contributed by atoms with Gasteiger partial charge < -0.3 is 11.5 Å². The quantitative estimate of drug-likeness (QED) is 0.591. The van der Waals surface area contributed by atoms with Crippen LogP contribution in [0, 0.1) is 0 Å². The number of anilines is 2. The van der Waals surface area contributed by atoms with Gasteiger partial charge in [0.2, 0.25) is 0 Å². The molecule has 1 amide bonds. The fourth-order valence-electron chi connectivity index (χ4n) is 1.22. The Morgan fingerprint density at radius 1 is 1.42 bits per heavy atom. The predicted octanol–water partition coefficient (Wildman–Crippen LogP) is 2.18. The second kappa shape index (κ2) is 6.69. The number of fused-ring (bicyclic) bond motifs is 1. The van der Waals surface area contributed by atoms with Gasteiger partial charge in [0.25, 0.3) is 5.91 Å². The summed E-state index contributed by atoms with van der Waals surface area (Å²) in [5.74, 6) is -0.555. The van der Waals surface area contributed by atoms with Gasteiger partial charge in [-0.1, -0.05) is 25.2 Å². The highest BCUT2D eigenvalue weighted by atomic mass is 32.1. The van der Waals surface area contributed by atoms with Crippen molar-refractivity contribution in [3.63, 3.8) is 0 Å². The Hall–Kier alpha value is -2.15. The van der Waals surface area contributed by atoms with Crippen molar-refractivity contribution in [3.05, 3.63) is 18.2 Å². The minimum Gasteiger partial charge on any atom is -0.375 e. The van der Waals surface area contributed by atoms with Gasteiger partial charge in [-0.2, -0.15) is 5.10 Å². The standard InChI is InChI=1S/C10H11N5OS.C2H6/c1-5(9(11)16)14-15-6-2-3-7-8(4-6)17-10(12)13-7;1-2/h2-4,15H,1H3,(H2,11,16)(H2,12,13);1-2H3/b14-5+;. The Labute approximate surface area is 115 Å². The summed E-state index contributed by atoms with van der Waals surface area (Å²) >= 11 is 1.39. The molecule has 0 atom stereocenters. The van der Waals surface area contributed by atoms with Crippen LogP contribution >= 0.6 is 11.3 Å². The van der Waals surface area contributed by atoms with E-state index < -0.39 is 5.91 Å². The number of nitrogens with two attached hydrogens (primary N) is 2. The summed E-state index contributed by atoms with van der Waals surface area (Å²) in [6.07, 6.45) is 0. The van der Waals surface area contributed by atoms with Crippen LogP contribution in [0.1, 0.15) is 20.8 Å². The lowest BCUT2D eigenvalue weighted by Crippen LogP contribution is -2.21. The van der Waals surface area contributed by atoms with Crippen LogP contribution in [0.25, 0.3) is 10.2 Å². The van der Waals surface area contributed by atoms with Gasteiger partial charge in [0.05, 0.1) is 15.9 Å². The smallest absolute Gasteiger partial charge is 0.264 e. The van der Waals surface area contributed by atoms with Crippen molar-refractivity contribution < 1.29 is 4.79 Å². The minimum atomic E-state index is -0.555. The molecule has 0 fully saturated rings. The molecule has 0 aliphatic rings. The van der Waals surface area contributed by atoms with Crippen LogP contribution in [0.4, 0.5) is 10.8 Å². The van der Waals surface area contributed by atoms with Crippen LogP contribution in [0.15, 0.2) is 23.3 Å². The fraction of sp³-hybridized carbons (Fsp3) is 0.250. The monoisotopic (exact) mass is 279 g/mol. The first kappa shape index (κ1) is 14.9. The zero-order valence-corrected chi connectivity index (χ0v) is 11.9. The number of primary amides is 1. The molecule has 0 radical (unpaired) electrons. The third kappa shape index (κ3) is 3.92. The van der Waals surface area contributed by atoms with Gasteiger partial charge >= 0.3 is 0 Å². The lowest BCUT2D eigenvalue weighted by molar-refractivity contribution is -0.112. The maximum absolute atomic E-state index is 10.8. The molecule has 6 nitrogen and oxygen atoms in total. The Bertz CT molecular complexity index is 605. The Morgan fingerprint density at radius 2 is 2.11 bits per heavy atom. The molecule has 0 bridgehead atoms. The first-order valence-electron chi connectivity index (χ1n) is 5.82. The van der Waals surface area contributed by atoms with Gasteiger partial charge in [0, 0.05) is 0 Å². The number of rotatable bonds is 3. The summed E-state index contributed by atoms with van der Waals surface area (Å²) in [6.45, 7) is 5.54. The van der Waals surface area contributed by atoms with E-state index in [1.165, 1.54) is 11.3 Å². The van der Waals surface area contributed by atoms with Crippen molar-refractivity contribution in [2.24, 2.45) is 10.8 Å². The first-order valence-corrected chi connectivity index (χ1v) is 6.64. The molecule has 19 heavy (non-hydrogen) atoms. The molecule has 1 heterocycles. The molecule has 2 rings (SSSR count). The largest absolute Gasteiger partial charge is 0.375 e. The molecular formula is C12H17N5OS. The number of hydrogen-bond acceptors (Lipinski definition) is 6. The van der Waals surface area contributed by atoms with Crippen LogP contribution in [0.2, 0.25) is 0 Å². The van der Waals surface area contributed by atoms with E-state index >= 15 is 0 Å². The normalized spacial score (nSPS) is 10.8. The lowest BCUT2D eigenvalue weighted by atomic mass is 10.3. The third-order valence-electron chi connectivity index (χ3n) is 2.11. The number of benzene rings is 1. The Kier molecular flexibility index (Phi) is 5.25. The molecule has 0 saturated heterocycles. The van der Waals surface area contributed by atoms with Gasteiger partial charge in [0.15, 0.2) is 5.13 Å². The highest BCUT2D eigenvalue weighted by Crippen LogP contribution is 2.26. The minimum absolute atomic E-state index is 0.217. The number of amides is 1. The molecule has 1 aromatic carbocycles. The molecule has 1 aromatic heterocycles. The van der Waals surface area contributed by atoms with Gasteiger partial charge in [-0.05, 0) is 25.1 Å². The van der Waals surface area contributed by atoms with Gasteiger partial charge in [-0.3, -0.25) is 10.2 Å². The molecule has 0 spiro atoms. The number of nitrogens with zero attached hydrogens (tertiary/aromatic N) is 2. The maximum atomic E-state index is 10.8. The Balaban J connectivity index is 0.000000861. The average Bonchev–Trinajstić information content (AvgIpc) is 2.77. The zero-order valence-electron chi connectivity index (χ0n) is 11.1. The van der Waals surface area contributed by atoms with Gasteiger partial charge in [-0.15, -0.1) is 0 Å². The molecule has 5 N–H and O–H groups in total. The van der Waals surface area contributed by atoms with Crippen molar-refractivity contribution in [1.82, 2.24) is 4.98 Å². The van der Waals surface area contributed by atoms with E-state index in [2.05, 4.69) is 15.5 Å². The number of thiazole rings is 1. The highest BCUT2D eigenvalue weighted by Gasteiger charge is 2.02. The van der Waals surface area contributed by atoms with E-state index in [0.29, 0.717) is 5.13 Å². The molecular weight excluding hydrogens is 262 g/mol. The SMILES string of the molecule is C/C(=N\Nc1ccc2nc(N)sc2c1)C(N)=O.CC. The molecule has 7 heteroatoms. The number of hydrogen-bond donors (Lipinski definition) is 3. The molecule has 102 valence electrons.